The van der Waals surface area contributed by atoms with Crippen molar-refractivity contribution in [3.05, 3.63) is 120 Å². The van der Waals surface area contributed by atoms with Crippen LogP contribution in [-0.4, -0.2) is 215 Å². The Morgan fingerprint density at radius 3 is 1.13 bits per heavy atom. The Balaban J connectivity index is 0.000000209. The first-order chi connectivity index (χ1) is 56.2. The largest absolute Gasteiger partial charge is 0.477 e. The molecule has 2 aliphatic rings. The van der Waals surface area contributed by atoms with E-state index in [0.717, 1.165) is 50.3 Å². The van der Waals surface area contributed by atoms with Gasteiger partial charge in [0.15, 0.2) is 28.2 Å². The van der Waals surface area contributed by atoms with Gasteiger partial charge in [-0.1, -0.05) is 69.6 Å². The number of rotatable bonds is 13. The second-order valence-electron chi connectivity index (χ2n) is 25.4. The van der Waals surface area contributed by atoms with E-state index in [1.807, 2.05) is 0 Å². The first-order valence-electron chi connectivity index (χ1n) is 38.0. The fourth-order valence-corrected chi connectivity index (χ4v) is 9.65. The Hall–Kier alpha value is -10.4. The highest BCUT2D eigenvalue weighted by molar-refractivity contribution is 6.34. The number of nitrogens with two attached hydrogens (primary N) is 1. The summed E-state index contributed by atoms with van der Waals surface area (Å²) in [6, 6.07) is 5.40. The Kier molecular flexibility index (Phi) is 23.2. The maximum atomic E-state index is 13.1. The van der Waals surface area contributed by atoms with Crippen LogP contribution in [0.4, 0.5) is 46.4 Å². The van der Waals surface area contributed by atoms with Gasteiger partial charge in [-0.25, -0.2) is 71.8 Å². The average Bonchev–Trinajstić information content (AvgIpc) is 1.49. The molecule has 0 aromatic carbocycles. The molecule has 2 fully saturated rings. The number of nitrogens with zero attached hydrogens (tertiary/aromatic N) is 18. The summed E-state index contributed by atoms with van der Waals surface area (Å²) in [7, 11) is 0. The molecule has 0 saturated heterocycles. The molecule has 5 N–H and O–H groups in total. The van der Waals surface area contributed by atoms with Crippen molar-refractivity contribution in [2.24, 2.45) is 5.73 Å². The number of carbonyl (C=O) groups excluding carboxylic acids is 7. The number of aromatic carboxylic acids is 1. The summed E-state index contributed by atoms with van der Waals surface area (Å²) in [5.41, 5.74) is 2.23. The zero-order valence-corrected chi connectivity index (χ0v) is 64.5. The number of esters is 3. The average molecular weight is 1670 g/mol. The number of hydrogen-bond acceptors (Lipinski definition) is 26. The number of carboxylic acids is 1. The first kappa shape index (κ1) is 70.0. The van der Waals surface area contributed by atoms with Crippen LogP contribution in [0.3, 0.4) is 0 Å². The van der Waals surface area contributed by atoms with Crippen LogP contribution in [0.25, 0.3) is 28.2 Å². The van der Waals surface area contributed by atoms with E-state index in [1.54, 1.807) is 83.1 Å². The normalized spacial score (nSPS) is 16.8. The Labute approximate surface area is 672 Å². The van der Waals surface area contributed by atoms with Crippen molar-refractivity contribution >= 4 is 169 Å². The lowest BCUT2D eigenvalue weighted by atomic mass is 10.2. The number of hydrogen-bond donors (Lipinski definition) is 4. The number of halogens is 8. The van der Waals surface area contributed by atoms with Gasteiger partial charge >= 0.3 is 42.2 Å². The Bertz CT molecular complexity index is 5560. The van der Waals surface area contributed by atoms with Crippen molar-refractivity contribution in [3.63, 3.8) is 0 Å². The van der Waals surface area contributed by atoms with Gasteiger partial charge in [0.2, 0.25) is 0 Å². The number of carboxylic acid groups (broad SMARTS) is 1. The van der Waals surface area contributed by atoms with Crippen molar-refractivity contribution in [3.8, 4) is 0 Å². The van der Waals surface area contributed by atoms with Gasteiger partial charge in [-0.15, -0.1) is 0 Å². The predicted molar refractivity (Wildman–Crippen MR) is 402 cm³/mol. The molecular formula is C66H77Cl6F2N21O15. The lowest BCUT2D eigenvalue weighted by Crippen LogP contribution is -2.35. The second-order valence-corrected chi connectivity index (χ2v) is 27.8. The smallest absolute Gasteiger partial charge is 0.415 e. The van der Waals surface area contributed by atoms with Gasteiger partial charge in [0, 0.05) is 87.1 Å². The molecule has 0 unspecified atom stereocenters. The molecule has 0 aliphatic heterocycles. The number of nitrogens with one attached hydrogen (secondary N) is 2. The summed E-state index contributed by atoms with van der Waals surface area (Å²) in [5.74, 6) is -4.44. The topological polar surface area (TPSA) is 423 Å². The van der Waals surface area contributed by atoms with Crippen LogP contribution in [0.2, 0.25) is 30.9 Å². The lowest BCUT2D eigenvalue weighted by Gasteiger charge is -2.24. The maximum absolute atomic E-state index is 13.1. The highest BCUT2D eigenvalue weighted by Crippen LogP contribution is 2.30. The van der Waals surface area contributed by atoms with Crippen molar-refractivity contribution in [1.29, 1.82) is 0 Å². The zero-order valence-electron chi connectivity index (χ0n) is 71.9. The van der Waals surface area contributed by atoms with Gasteiger partial charge in [0.1, 0.15) is 111 Å². The highest BCUT2D eigenvalue weighted by Gasteiger charge is 2.40. The molecule has 10 heterocycles. The molecule has 10 aromatic heterocycles. The van der Waals surface area contributed by atoms with E-state index in [1.165, 1.54) is 33.6 Å². The minimum Gasteiger partial charge on any atom is -0.477 e. The fraction of sp³-hybridized carbons (Fsp3) is 0.424. The number of anilines is 4. The van der Waals surface area contributed by atoms with E-state index in [0.29, 0.717) is 21.1 Å². The van der Waals surface area contributed by atoms with Crippen molar-refractivity contribution < 1.29 is 97.1 Å². The van der Waals surface area contributed by atoms with Crippen molar-refractivity contribution in [1.82, 2.24) is 78.3 Å². The molecule has 36 nitrogen and oxygen atoms in total. The van der Waals surface area contributed by atoms with Crippen LogP contribution in [0.15, 0.2) is 61.3 Å². The van der Waals surface area contributed by atoms with Crippen LogP contribution >= 0.6 is 69.6 Å². The third kappa shape index (κ3) is 22.6. The molecular weight excluding hydrogens is 1580 g/mol. The zero-order chi connectivity index (χ0) is 91.9. The molecule has 2 aliphatic carbocycles. The van der Waals surface area contributed by atoms with Crippen LogP contribution < -0.4 is 31.1 Å². The van der Waals surface area contributed by atoms with E-state index >= 15 is 0 Å². The van der Waals surface area contributed by atoms with Crippen LogP contribution in [-0.2, 0) is 28.4 Å². The number of aromatic nitrogens is 15. The van der Waals surface area contributed by atoms with Crippen molar-refractivity contribution in [2.75, 3.05) is 67.7 Å². The van der Waals surface area contributed by atoms with E-state index in [9.17, 15) is 47.1 Å². The quantitative estimate of drug-likeness (QED) is 0.0473. The molecule has 4 atom stereocenters. The third-order valence-electron chi connectivity index (χ3n) is 13.4. The Morgan fingerprint density at radius 2 is 0.800 bits per heavy atom. The summed E-state index contributed by atoms with van der Waals surface area (Å²) in [6.45, 7) is 8.73. The molecule has 592 valence electrons. The summed E-state index contributed by atoms with van der Waals surface area (Å²) < 4.78 is 151. The second kappa shape index (κ2) is 36.4. The van der Waals surface area contributed by atoms with Crippen LogP contribution in [0.5, 0.6) is 0 Å². The number of fused-ring (bicyclic) bond motifs is 5. The third-order valence-corrected chi connectivity index (χ3v) is 14.6. The SMILES string of the molecule is CCOC(=O)c1cnn2c(Cl)cc(Cl)nc12.N[C@@H]1C[C@@H]1F.[2H]C([2H])([2H])N(C(=O)OC(C)(C)C)c1cc(Cl)nc2c(C(=O)N[C@@H]3C[C@@H]3F)cnn12.[2H]C([2H])([2H])N(C(=O)OC(C)(C)C)c1cc(Cl)nc2c(C(=O)O)cnn12.[2H]C([2H])([2H])N(C(=O)OC(C)(C)C)c1cc(Cl)nc2c(C(=O)OCC)cnn12.[2H]C([2H])([2H])Nc1cc(Cl)nc2c(C(=O)OCC)cnn12. The summed E-state index contributed by atoms with van der Waals surface area (Å²) in [5, 5.41) is 33.5. The van der Waals surface area contributed by atoms with Gasteiger partial charge in [0.05, 0.1) is 56.8 Å². The van der Waals surface area contributed by atoms with Gasteiger partial charge in [0.25, 0.3) is 5.91 Å². The molecule has 110 heavy (non-hydrogen) atoms. The minimum atomic E-state index is -2.94. The number of carbonyl (C=O) groups is 8. The highest BCUT2D eigenvalue weighted by atomic mass is 35.5. The standard InChI is InChI=1S/C16H19ClFN5O3.C15H19ClN4O4.C13H15ClN4O4.C10H11ClN4O2.C9H7Cl2N3O2.C3H6FN/c1-16(2,3)26-15(25)22(4)12-6-11(17)21-13-8(7-19-23(12)13)14(24)20-10-5-9(10)18;1-6-23-13(21)9-8-17-20-11(7-10(16)18-12(9)20)19(5)14(22)24-15(2,3)4;1-13(2,3)22-12(21)17(4)9-5-8(14)16-10-7(11(19)20)6-15-18(9)10;1-3-17-10(16)6-5-13-15-8(12-2)4-7(11)14-9(6)15;1-2-16-9(15)5-4-12-14-7(11)3-6(10)13-8(5)14;4-2-1-3(2)5/h6-7,9-10H,5H2,1-4H3,(H,20,24);7-8H,6H2,1-5H3;5-6H,1-4H3,(H,19,20);4-5,12H,3H2,1-2H3;3-4H,2H2,1H3;2-3H,1,5H2/t9-,10+;;;;;2-,3+/m0....0/s1/i4D3;5D3;4D3;2D3;;. The number of amides is 4. The number of alkyl halides is 2. The molecule has 44 heteroatoms. The summed E-state index contributed by atoms with van der Waals surface area (Å²) in [4.78, 5) is 118. The van der Waals surface area contributed by atoms with Crippen LogP contribution in [0, 0.1) is 0 Å². The van der Waals surface area contributed by atoms with E-state index in [4.69, 9.17) is 125 Å². The molecule has 10 aromatic rings. The van der Waals surface area contributed by atoms with Gasteiger partial charge in [-0.3, -0.25) is 19.5 Å². The van der Waals surface area contributed by atoms with Crippen molar-refractivity contribution in [2.45, 2.75) is 137 Å². The van der Waals surface area contributed by atoms with Gasteiger partial charge < -0.3 is 49.9 Å². The molecule has 2 saturated carbocycles. The Morgan fingerprint density at radius 1 is 0.500 bits per heavy atom. The molecule has 4 amide bonds. The minimum absolute atomic E-state index is 0.0183. The molecule has 0 bridgehead atoms. The first-order valence-corrected chi connectivity index (χ1v) is 34.3. The summed E-state index contributed by atoms with van der Waals surface area (Å²) in [6.07, 6.45) is 1.47. The summed E-state index contributed by atoms with van der Waals surface area (Å²) >= 11 is 35.4. The monoisotopic (exact) mass is 1660 g/mol. The maximum Gasteiger partial charge on any atom is 0.415 e. The van der Waals surface area contributed by atoms with Gasteiger partial charge in [-0.05, 0) is 89.5 Å². The molecule has 0 spiro atoms. The predicted octanol–water partition coefficient (Wildman–Crippen LogP) is 11.8. The van der Waals surface area contributed by atoms with Crippen LogP contribution in [0.1, 0.15) is 164 Å². The fourth-order valence-electron chi connectivity index (χ4n) is 8.47. The lowest BCUT2D eigenvalue weighted by molar-refractivity contribution is 0.0518. The van der Waals surface area contributed by atoms with E-state index in [-0.39, 0.29) is 143 Å². The molecule has 0 radical (unpaired) electrons. The van der Waals surface area contributed by atoms with E-state index in [2.05, 4.69) is 61.0 Å². The molecule has 12 rings (SSSR count). The van der Waals surface area contributed by atoms with Gasteiger partial charge in [-0.2, -0.15) is 43.6 Å². The number of ether oxygens (including phenoxy) is 6. The van der Waals surface area contributed by atoms with E-state index < -0.39 is 111 Å².